The van der Waals surface area contributed by atoms with Crippen LogP contribution in [0, 0.1) is 11.6 Å². The van der Waals surface area contributed by atoms with E-state index in [-0.39, 0.29) is 17.7 Å². The molecule has 0 aliphatic carbocycles. The molecule has 0 aromatic heterocycles. The molecule has 1 N–H and O–H groups in total. The summed E-state index contributed by atoms with van der Waals surface area (Å²) in [4.78, 5) is 0. The number of rotatable bonds is 5. The van der Waals surface area contributed by atoms with Crippen molar-refractivity contribution in [2.24, 2.45) is 0 Å². The minimum Gasteiger partial charge on any atom is -0.316 e. The topological polar surface area (TPSA) is 12.0 Å². The maximum atomic E-state index is 13.8. The van der Waals surface area contributed by atoms with Gasteiger partial charge in [-0.25, -0.2) is 8.78 Å². The number of hydrogen-bond acceptors (Lipinski definition) is 1. The Morgan fingerprint density at radius 1 is 1.00 bits per heavy atom. The highest BCUT2D eigenvalue weighted by Crippen LogP contribution is 2.18. The summed E-state index contributed by atoms with van der Waals surface area (Å²) in [6, 6.07) is 11.7. The predicted octanol–water partition coefficient (Wildman–Crippen LogP) is 4.10. The van der Waals surface area contributed by atoms with Crippen LogP contribution in [0.5, 0.6) is 0 Å². The summed E-state index contributed by atoms with van der Waals surface area (Å²) in [5, 5.41) is 3.12. The normalized spacial score (nSPS) is 12.4. The lowest BCUT2D eigenvalue weighted by molar-refractivity contribution is 0.517. The second kappa shape index (κ2) is 6.95. The van der Waals surface area contributed by atoms with E-state index in [1.165, 1.54) is 12.1 Å². The molecule has 0 fully saturated rings. The lowest BCUT2D eigenvalue weighted by atomic mass is 9.98. The van der Waals surface area contributed by atoms with Gasteiger partial charge in [-0.1, -0.05) is 40.2 Å². The third-order valence-corrected chi connectivity index (χ3v) is 3.81. The fourth-order valence-corrected chi connectivity index (χ4v) is 2.49. The molecule has 4 heteroatoms. The molecule has 0 saturated heterocycles. The molecule has 0 spiro atoms. The minimum atomic E-state index is -0.242. The molecule has 2 aromatic carbocycles. The third-order valence-electron chi connectivity index (χ3n) is 3.31. The van der Waals surface area contributed by atoms with Gasteiger partial charge >= 0.3 is 0 Å². The van der Waals surface area contributed by atoms with Crippen molar-refractivity contribution in [1.29, 1.82) is 0 Å². The lowest BCUT2D eigenvalue weighted by Crippen LogP contribution is -2.30. The van der Waals surface area contributed by atoms with E-state index in [4.69, 9.17) is 0 Å². The van der Waals surface area contributed by atoms with Gasteiger partial charge in [-0.2, -0.15) is 0 Å². The molecule has 106 valence electrons. The molecule has 0 saturated carbocycles. The van der Waals surface area contributed by atoms with Crippen LogP contribution in [0.15, 0.2) is 46.9 Å². The number of hydrogen-bond donors (Lipinski definition) is 1. The van der Waals surface area contributed by atoms with E-state index in [1.807, 2.05) is 19.2 Å². The van der Waals surface area contributed by atoms with Crippen molar-refractivity contribution in [2.45, 2.75) is 18.9 Å². The first kappa shape index (κ1) is 15.1. The molecule has 0 heterocycles. The van der Waals surface area contributed by atoms with Gasteiger partial charge in [0.25, 0.3) is 0 Å². The smallest absolute Gasteiger partial charge is 0.127 e. The quantitative estimate of drug-likeness (QED) is 0.864. The fourth-order valence-electron chi connectivity index (χ4n) is 2.16. The number of likely N-dealkylation sites (N-methyl/N-ethyl adjacent to an activating group) is 1. The monoisotopic (exact) mass is 339 g/mol. The Labute approximate surface area is 126 Å². The summed E-state index contributed by atoms with van der Waals surface area (Å²) in [5.41, 5.74) is 1.27. The summed E-state index contributed by atoms with van der Waals surface area (Å²) in [6.45, 7) is 0. The van der Waals surface area contributed by atoms with Gasteiger partial charge in [-0.05, 0) is 49.2 Å². The Bertz CT molecular complexity index is 586. The SMILES string of the molecule is CNC(Cc1ccccc1F)Cc1ccc(Br)cc1F. The Kier molecular flexibility index (Phi) is 5.26. The first-order chi connectivity index (χ1) is 9.60. The van der Waals surface area contributed by atoms with Gasteiger partial charge in [-0.3, -0.25) is 0 Å². The van der Waals surface area contributed by atoms with Gasteiger partial charge in [0.05, 0.1) is 0 Å². The van der Waals surface area contributed by atoms with Crippen molar-refractivity contribution >= 4 is 15.9 Å². The lowest BCUT2D eigenvalue weighted by Gasteiger charge is -2.17. The van der Waals surface area contributed by atoms with Crippen LogP contribution in [0.25, 0.3) is 0 Å². The molecule has 1 nitrogen and oxygen atoms in total. The van der Waals surface area contributed by atoms with E-state index in [0.29, 0.717) is 28.4 Å². The molecular weight excluding hydrogens is 324 g/mol. The molecule has 0 amide bonds. The molecule has 0 aliphatic rings. The number of halogens is 3. The molecule has 0 radical (unpaired) electrons. The Morgan fingerprint density at radius 2 is 1.65 bits per heavy atom. The maximum absolute atomic E-state index is 13.8. The summed E-state index contributed by atoms with van der Waals surface area (Å²) in [7, 11) is 1.81. The summed E-state index contributed by atoms with van der Waals surface area (Å²) < 4.78 is 28.2. The summed E-state index contributed by atoms with van der Waals surface area (Å²) in [5.74, 6) is -0.461. The third kappa shape index (κ3) is 3.87. The molecular formula is C16H16BrF2N. The zero-order valence-corrected chi connectivity index (χ0v) is 12.8. The van der Waals surface area contributed by atoms with Crippen molar-refractivity contribution in [3.8, 4) is 0 Å². The first-order valence-corrected chi connectivity index (χ1v) is 7.24. The number of benzene rings is 2. The largest absolute Gasteiger partial charge is 0.316 e. The standard InChI is InChI=1S/C16H16BrF2N/c1-20-14(8-11-4-2-3-5-15(11)18)9-12-6-7-13(17)10-16(12)19/h2-7,10,14,20H,8-9H2,1H3. The summed E-state index contributed by atoms with van der Waals surface area (Å²) >= 11 is 3.24. The molecule has 1 unspecified atom stereocenters. The van der Waals surface area contributed by atoms with Crippen LogP contribution in [-0.4, -0.2) is 13.1 Å². The van der Waals surface area contributed by atoms with E-state index < -0.39 is 0 Å². The van der Waals surface area contributed by atoms with Crippen LogP contribution in [-0.2, 0) is 12.8 Å². The van der Waals surface area contributed by atoms with Crippen LogP contribution in [0.3, 0.4) is 0 Å². The molecule has 20 heavy (non-hydrogen) atoms. The van der Waals surface area contributed by atoms with Crippen molar-refractivity contribution in [3.63, 3.8) is 0 Å². The maximum Gasteiger partial charge on any atom is 0.127 e. The Balaban J connectivity index is 2.11. The molecule has 0 bridgehead atoms. The van der Waals surface area contributed by atoms with Gasteiger partial charge in [0.15, 0.2) is 0 Å². The van der Waals surface area contributed by atoms with Crippen molar-refractivity contribution in [1.82, 2.24) is 5.32 Å². The van der Waals surface area contributed by atoms with E-state index >= 15 is 0 Å². The predicted molar refractivity (Wildman–Crippen MR) is 80.8 cm³/mol. The van der Waals surface area contributed by atoms with Crippen LogP contribution in [0.4, 0.5) is 8.78 Å². The minimum absolute atomic E-state index is 0.0115. The fraction of sp³-hybridized carbons (Fsp3) is 0.250. The van der Waals surface area contributed by atoms with Crippen molar-refractivity contribution < 1.29 is 8.78 Å². The summed E-state index contributed by atoms with van der Waals surface area (Å²) in [6.07, 6.45) is 1.04. The van der Waals surface area contributed by atoms with Crippen LogP contribution in [0.2, 0.25) is 0 Å². The number of nitrogens with one attached hydrogen (secondary N) is 1. The Hall–Kier alpha value is -1.26. The molecule has 0 aliphatic heterocycles. The van der Waals surface area contributed by atoms with Gasteiger partial charge in [0, 0.05) is 10.5 Å². The van der Waals surface area contributed by atoms with Gasteiger partial charge < -0.3 is 5.32 Å². The van der Waals surface area contributed by atoms with Gasteiger partial charge in [0.2, 0.25) is 0 Å². The highest BCUT2D eigenvalue weighted by atomic mass is 79.9. The second-order valence-corrected chi connectivity index (χ2v) is 5.64. The second-order valence-electron chi connectivity index (χ2n) is 4.72. The Morgan fingerprint density at radius 3 is 2.25 bits per heavy atom. The zero-order valence-electron chi connectivity index (χ0n) is 11.2. The van der Waals surface area contributed by atoms with E-state index in [1.54, 1.807) is 18.2 Å². The zero-order chi connectivity index (χ0) is 14.5. The average Bonchev–Trinajstić information content (AvgIpc) is 2.43. The highest BCUT2D eigenvalue weighted by molar-refractivity contribution is 9.10. The first-order valence-electron chi connectivity index (χ1n) is 6.44. The highest BCUT2D eigenvalue weighted by Gasteiger charge is 2.13. The van der Waals surface area contributed by atoms with Gasteiger partial charge in [-0.15, -0.1) is 0 Å². The van der Waals surface area contributed by atoms with Crippen LogP contribution < -0.4 is 5.32 Å². The average molecular weight is 340 g/mol. The van der Waals surface area contributed by atoms with Crippen LogP contribution >= 0.6 is 15.9 Å². The van der Waals surface area contributed by atoms with E-state index in [2.05, 4.69) is 21.2 Å². The molecule has 2 rings (SSSR count). The van der Waals surface area contributed by atoms with E-state index in [9.17, 15) is 8.78 Å². The van der Waals surface area contributed by atoms with Crippen LogP contribution in [0.1, 0.15) is 11.1 Å². The van der Waals surface area contributed by atoms with E-state index in [0.717, 1.165) is 0 Å². The van der Waals surface area contributed by atoms with Gasteiger partial charge in [0.1, 0.15) is 11.6 Å². The molecule has 1 atom stereocenters. The van der Waals surface area contributed by atoms with Crippen molar-refractivity contribution in [2.75, 3.05) is 7.05 Å². The molecule has 2 aromatic rings. The van der Waals surface area contributed by atoms with Crippen molar-refractivity contribution in [3.05, 3.63) is 69.7 Å².